The number of nitrogens with zero attached hydrogens (tertiary/aromatic N) is 1. The molecule has 13 heavy (non-hydrogen) atoms. The summed E-state index contributed by atoms with van der Waals surface area (Å²) < 4.78 is 12.6. The van der Waals surface area contributed by atoms with Crippen LogP contribution in [0.15, 0.2) is 23.2 Å². The molecule has 0 saturated heterocycles. The largest absolute Gasteiger partial charge is 0.477 e. The molecule has 1 aliphatic rings. The fraction of sp³-hybridized carbons (Fsp3) is 0.286. The van der Waals surface area contributed by atoms with Gasteiger partial charge in [0.25, 0.3) is 5.70 Å². The zero-order chi connectivity index (χ0) is 10.0. The molecule has 0 bridgehead atoms. The van der Waals surface area contributed by atoms with Gasteiger partial charge in [-0.05, 0) is 6.08 Å². The van der Waals surface area contributed by atoms with Crippen LogP contribution in [0, 0.1) is 10.1 Å². The normalized spacial score (nSPS) is 16.8. The van der Waals surface area contributed by atoms with Gasteiger partial charge in [-0.3, -0.25) is 10.1 Å². The first-order chi connectivity index (χ1) is 6.02. The van der Waals surface area contributed by atoms with E-state index in [0.717, 1.165) is 0 Å². The van der Waals surface area contributed by atoms with Crippen LogP contribution >= 0.6 is 0 Å². The highest BCUT2D eigenvalue weighted by Crippen LogP contribution is 2.24. The van der Waals surface area contributed by atoms with Crippen LogP contribution < -0.4 is 0 Å². The lowest BCUT2D eigenvalue weighted by Gasteiger charge is -2.06. The van der Waals surface area contributed by atoms with Crippen LogP contribution in [0.25, 0.3) is 0 Å². The van der Waals surface area contributed by atoms with Crippen molar-refractivity contribution in [3.8, 4) is 0 Å². The van der Waals surface area contributed by atoms with Crippen LogP contribution in [0.1, 0.15) is 12.8 Å². The van der Waals surface area contributed by atoms with Crippen molar-refractivity contribution in [2.75, 3.05) is 0 Å². The molecule has 70 valence electrons. The molecule has 1 aliphatic carbocycles. The number of halogens is 1. The third-order valence-electron chi connectivity index (χ3n) is 1.66. The fourth-order valence-electron chi connectivity index (χ4n) is 1.06. The molecule has 0 radical (unpaired) electrons. The molecule has 0 aromatic carbocycles. The molecule has 0 heterocycles. The van der Waals surface area contributed by atoms with Crippen LogP contribution in [0.3, 0.4) is 0 Å². The summed E-state index contributed by atoms with van der Waals surface area (Å²) in [4.78, 5) is 20.0. The summed E-state index contributed by atoms with van der Waals surface area (Å²) in [7, 11) is 0. The van der Waals surface area contributed by atoms with Crippen molar-refractivity contribution in [2.24, 2.45) is 0 Å². The number of aliphatic carboxylic acids is 1. The Morgan fingerprint density at radius 2 is 2.23 bits per heavy atom. The Labute approximate surface area is 72.3 Å². The lowest BCUT2D eigenvalue weighted by atomic mass is 10.0. The van der Waals surface area contributed by atoms with E-state index in [1.807, 2.05) is 0 Å². The molecule has 0 amide bonds. The Morgan fingerprint density at radius 3 is 2.69 bits per heavy atom. The van der Waals surface area contributed by atoms with Crippen molar-refractivity contribution in [3.63, 3.8) is 0 Å². The number of hydrogen-bond acceptors (Lipinski definition) is 3. The zero-order valence-corrected chi connectivity index (χ0v) is 6.49. The molecule has 0 saturated carbocycles. The third kappa shape index (κ3) is 1.90. The van der Waals surface area contributed by atoms with Gasteiger partial charge in [0.1, 0.15) is 11.4 Å². The molecule has 1 N–H and O–H groups in total. The van der Waals surface area contributed by atoms with Crippen molar-refractivity contribution >= 4 is 5.97 Å². The van der Waals surface area contributed by atoms with Gasteiger partial charge in [0.05, 0.1) is 4.92 Å². The van der Waals surface area contributed by atoms with Gasteiger partial charge in [0, 0.05) is 12.8 Å². The van der Waals surface area contributed by atoms with Gasteiger partial charge in [-0.25, -0.2) is 9.18 Å². The summed E-state index contributed by atoms with van der Waals surface area (Å²) in [6.07, 6.45) is 0.425. The Balaban J connectivity index is 3.16. The van der Waals surface area contributed by atoms with E-state index in [9.17, 15) is 19.3 Å². The smallest absolute Gasteiger partial charge is 0.342 e. The average Bonchev–Trinajstić information content (AvgIpc) is 2.03. The van der Waals surface area contributed by atoms with Gasteiger partial charge in [0.2, 0.25) is 0 Å². The zero-order valence-electron chi connectivity index (χ0n) is 6.49. The number of rotatable bonds is 2. The molecular formula is C7H6FNO4. The van der Waals surface area contributed by atoms with Crippen LogP contribution in [-0.4, -0.2) is 16.0 Å². The molecular weight excluding hydrogens is 181 g/mol. The number of carbonyl (C=O) groups is 1. The molecule has 1 rings (SSSR count). The van der Waals surface area contributed by atoms with E-state index in [2.05, 4.69) is 0 Å². The highest BCUT2D eigenvalue weighted by molar-refractivity contribution is 5.90. The first kappa shape index (κ1) is 9.37. The maximum absolute atomic E-state index is 12.6. The van der Waals surface area contributed by atoms with E-state index in [4.69, 9.17) is 5.11 Å². The van der Waals surface area contributed by atoms with Gasteiger partial charge in [-0.15, -0.1) is 0 Å². The average molecular weight is 187 g/mol. The molecule has 6 heteroatoms. The number of carboxylic acid groups (broad SMARTS) is 1. The van der Waals surface area contributed by atoms with Crippen molar-refractivity contribution < 1.29 is 19.2 Å². The highest BCUT2D eigenvalue weighted by atomic mass is 19.1. The van der Waals surface area contributed by atoms with Gasteiger partial charge in [-0.2, -0.15) is 0 Å². The molecule has 0 fully saturated rings. The van der Waals surface area contributed by atoms with Gasteiger partial charge in [0.15, 0.2) is 0 Å². The van der Waals surface area contributed by atoms with E-state index in [-0.39, 0.29) is 12.8 Å². The molecule has 0 aromatic rings. The Kier molecular flexibility index (Phi) is 2.41. The van der Waals surface area contributed by atoms with Crippen LogP contribution in [0.4, 0.5) is 4.39 Å². The van der Waals surface area contributed by atoms with Crippen molar-refractivity contribution in [1.29, 1.82) is 0 Å². The number of allylic oxidation sites excluding steroid dienone is 2. The summed E-state index contributed by atoms with van der Waals surface area (Å²) in [5, 5.41) is 18.8. The predicted octanol–water partition coefficient (Wildman–Crippen LogP) is 1.25. The maximum Gasteiger partial charge on any atom is 0.342 e. The minimum atomic E-state index is -1.47. The van der Waals surface area contributed by atoms with Crippen LogP contribution in [0.5, 0.6) is 0 Å². The van der Waals surface area contributed by atoms with E-state index in [0.29, 0.717) is 6.08 Å². The summed E-state index contributed by atoms with van der Waals surface area (Å²) >= 11 is 0. The number of hydrogen-bond donors (Lipinski definition) is 1. The van der Waals surface area contributed by atoms with Gasteiger partial charge >= 0.3 is 5.97 Å². The fourth-order valence-corrected chi connectivity index (χ4v) is 1.06. The van der Waals surface area contributed by atoms with Crippen LogP contribution in [0.2, 0.25) is 0 Å². The molecule has 0 spiro atoms. The lowest BCUT2D eigenvalue weighted by Crippen LogP contribution is -2.12. The van der Waals surface area contributed by atoms with E-state index < -0.39 is 28.0 Å². The Morgan fingerprint density at radius 1 is 1.62 bits per heavy atom. The molecule has 0 aromatic heterocycles. The Hall–Kier alpha value is -1.72. The SMILES string of the molecule is O=C(O)C1=C([N+](=O)[O-])CCC(F)=C1. The second kappa shape index (κ2) is 3.34. The van der Waals surface area contributed by atoms with Crippen LogP contribution in [-0.2, 0) is 4.79 Å². The van der Waals surface area contributed by atoms with E-state index >= 15 is 0 Å². The molecule has 5 nitrogen and oxygen atoms in total. The van der Waals surface area contributed by atoms with Gasteiger partial charge in [-0.1, -0.05) is 0 Å². The summed E-state index contributed by atoms with van der Waals surface area (Å²) in [5.74, 6) is -2.11. The minimum absolute atomic E-state index is 0.104. The number of nitro groups is 1. The second-order valence-electron chi connectivity index (χ2n) is 2.51. The van der Waals surface area contributed by atoms with E-state index in [1.54, 1.807) is 0 Å². The minimum Gasteiger partial charge on any atom is -0.477 e. The first-order valence-electron chi connectivity index (χ1n) is 3.49. The van der Waals surface area contributed by atoms with Crippen molar-refractivity contribution in [3.05, 3.63) is 33.3 Å². The predicted molar refractivity (Wildman–Crippen MR) is 40.1 cm³/mol. The molecule has 0 aliphatic heterocycles. The summed E-state index contributed by atoms with van der Waals surface area (Å²) in [6.45, 7) is 0. The lowest BCUT2D eigenvalue weighted by molar-refractivity contribution is -0.429. The molecule has 0 atom stereocenters. The first-order valence-corrected chi connectivity index (χ1v) is 3.49. The van der Waals surface area contributed by atoms with Crippen molar-refractivity contribution in [1.82, 2.24) is 0 Å². The highest BCUT2D eigenvalue weighted by Gasteiger charge is 2.26. The standard InChI is InChI=1S/C7H6FNO4/c8-4-1-2-6(9(12)13)5(3-4)7(10)11/h3H,1-2H2,(H,10,11). The van der Waals surface area contributed by atoms with Crippen molar-refractivity contribution in [2.45, 2.75) is 12.8 Å². The summed E-state index contributed by atoms with van der Waals surface area (Å²) in [5.41, 5.74) is -0.998. The second-order valence-corrected chi connectivity index (χ2v) is 2.51. The van der Waals surface area contributed by atoms with Gasteiger partial charge < -0.3 is 5.11 Å². The maximum atomic E-state index is 12.6. The Bertz CT molecular complexity index is 331. The third-order valence-corrected chi connectivity index (χ3v) is 1.66. The topological polar surface area (TPSA) is 80.4 Å². The van der Waals surface area contributed by atoms with E-state index in [1.165, 1.54) is 0 Å². The summed E-state index contributed by atoms with van der Waals surface area (Å²) in [6, 6.07) is 0. The number of carboxylic acids is 1. The quantitative estimate of drug-likeness (QED) is 0.521. The molecule has 0 unspecified atom stereocenters. The monoisotopic (exact) mass is 187 g/mol.